The lowest BCUT2D eigenvalue weighted by atomic mass is 9.96. The first-order valence-corrected chi connectivity index (χ1v) is 8.80. The molecule has 2 unspecified atom stereocenters. The molecule has 1 aromatic rings. The highest BCUT2D eigenvalue weighted by Gasteiger charge is 2.25. The smallest absolute Gasteiger partial charge is 0.179 e. The van der Waals surface area contributed by atoms with E-state index in [-0.39, 0.29) is 11.9 Å². The van der Waals surface area contributed by atoms with Gasteiger partial charge in [0.15, 0.2) is 9.84 Å². The fraction of sp³-hybridized carbons (Fsp3) is 0.571. The molecule has 1 saturated heterocycles. The minimum absolute atomic E-state index is 0.0652. The van der Waals surface area contributed by atoms with Crippen LogP contribution in [-0.2, 0) is 9.84 Å². The molecule has 1 N–H and O–H groups in total. The summed E-state index contributed by atoms with van der Waals surface area (Å²) in [6.45, 7) is 3.87. The number of hydrogen-bond donors (Lipinski definition) is 1. The van der Waals surface area contributed by atoms with Crippen molar-refractivity contribution in [3.63, 3.8) is 0 Å². The minimum Gasteiger partial charge on any atom is -0.392 e. The normalized spacial score (nSPS) is 24.8. The second-order valence-corrected chi connectivity index (χ2v) is 7.95. The maximum Gasteiger partial charge on any atom is 0.179 e. The summed E-state index contributed by atoms with van der Waals surface area (Å²) in [5.74, 6) is 0.356. The summed E-state index contributed by atoms with van der Waals surface area (Å²) < 4.78 is 24.4. The summed E-state index contributed by atoms with van der Waals surface area (Å²) >= 11 is 5.76. The van der Waals surface area contributed by atoms with Crippen molar-refractivity contribution in [2.24, 2.45) is 5.92 Å². The number of aliphatic hydroxyl groups is 1. The van der Waals surface area contributed by atoms with Crippen molar-refractivity contribution in [3.05, 3.63) is 29.3 Å². The van der Waals surface area contributed by atoms with Gasteiger partial charge >= 0.3 is 0 Å². The molecule has 0 radical (unpaired) electrons. The Bertz CT molecular complexity index is 544. The van der Waals surface area contributed by atoms with Crippen LogP contribution in [0.4, 0.5) is 0 Å². The van der Waals surface area contributed by atoms with Crippen LogP contribution in [0.15, 0.2) is 29.2 Å². The number of piperidine rings is 1. The Labute approximate surface area is 125 Å². The Morgan fingerprint density at radius 3 is 2.60 bits per heavy atom. The quantitative estimate of drug-likeness (QED) is 0.920. The van der Waals surface area contributed by atoms with Gasteiger partial charge in [-0.15, -0.1) is 0 Å². The molecule has 0 spiro atoms. The fourth-order valence-electron chi connectivity index (χ4n) is 2.33. The highest BCUT2D eigenvalue weighted by Crippen LogP contribution is 2.19. The lowest BCUT2D eigenvalue weighted by Gasteiger charge is -2.34. The lowest BCUT2D eigenvalue weighted by Crippen LogP contribution is -2.44. The van der Waals surface area contributed by atoms with Crippen LogP contribution >= 0.6 is 11.6 Å². The predicted molar refractivity (Wildman–Crippen MR) is 79.7 cm³/mol. The van der Waals surface area contributed by atoms with E-state index in [1.165, 1.54) is 12.1 Å². The van der Waals surface area contributed by atoms with Gasteiger partial charge in [-0.3, -0.25) is 4.90 Å². The van der Waals surface area contributed by atoms with Gasteiger partial charge in [0.05, 0.1) is 16.8 Å². The van der Waals surface area contributed by atoms with Crippen LogP contribution in [0.2, 0.25) is 5.02 Å². The third-order valence-electron chi connectivity index (χ3n) is 3.85. The Balaban J connectivity index is 1.94. The molecule has 0 aromatic heterocycles. The summed E-state index contributed by atoms with van der Waals surface area (Å²) in [5, 5.41) is 10.3. The van der Waals surface area contributed by atoms with Crippen molar-refractivity contribution in [2.75, 3.05) is 25.4 Å². The molecule has 0 bridgehead atoms. The maximum absolute atomic E-state index is 12.2. The molecule has 4 nitrogen and oxygen atoms in total. The number of β-amino-alcohol motifs (C(OH)–C–C–N with tert-alkyl or cyclic N) is 1. The van der Waals surface area contributed by atoms with Crippen molar-refractivity contribution in [1.29, 1.82) is 0 Å². The van der Waals surface area contributed by atoms with Gasteiger partial charge in [-0.25, -0.2) is 8.42 Å². The number of benzene rings is 1. The second-order valence-electron chi connectivity index (χ2n) is 5.41. The first kappa shape index (κ1) is 15.8. The predicted octanol–water partition coefficient (Wildman–Crippen LogP) is 1.82. The third kappa shape index (κ3) is 3.95. The number of halogens is 1. The summed E-state index contributed by atoms with van der Waals surface area (Å²) in [6.07, 6.45) is 0.546. The van der Waals surface area contributed by atoms with Crippen molar-refractivity contribution >= 4 is 21.4 Å². The summed E-state index contributed by atoms with van der Waals surface area (Å²) in [6, 6.07) is 6.23. The monoisotopic (exact) mass is 317 g/mol. The molecule has 6 heteroatoms. The molecule has 2 rings (SSSR count). The number of rotatable bonds is 4. The molecular formula is C14H20ClNO3S. The van der Waals surface area contributed by atoms with E-state index in [4.69, 9.17) is 11.6 Å². The molecule has 0 amide bonds. The van der Waals surface area contributed by atoms with E-state index >= 15 is 0 Å². The van der Waals surface area contributed by atoms with Crippen LogP contribution in [0, 0.1) is 5.92 Å². The molecule has 0 saturated carbocycles. The van der Waals surface area contributed by atoms with E-state index in [2.05, 4.69) is 0 Å². The molecule has 1 heterocycles. The number of likely N-dealkylation sites (tertiary alicyclic amines) is 1. The van der Waals surface area contributed by atoms with Crippen LogP contribution in [0.5, 0.6) is 0 Å². The Morgan fingerprint density at radius 1 is 1.35 bits per heavy atom. The highest BCUT2D eigenvalue weighted by molar-refractivity contribution is 7.91. The van der Waals surface area contributed by atoms with Crippen LogP contribution < -0.4 is 0 Å². The van der Waals surface area contributed by atoms with Crippen molar-refractivity contribution in [1.82, 2.24) is 4.90 Å². The molecule has 0 aliphatic carbocycles. The molecule has 112 valence electrons. The standard InChI is InChI=1S/C14H20ClNO3S/c1-11-6-7-16(10-14(11)17)8-9-20(18,19)13-4-2-12(15)3-5-13/h2-5,11,14,17H,6-10H2,1H3. The number of hydrogen-bond acceptors (Lipinski definition) is 4. The molecule has 20 heavy (non-hydrogen) atoms. The molecule has 2 atom stereocenters. The maximum atomic E-state index is 12.2. The van der Waals surface area contributed by atoms with Gasteiger partial charge in [0.1, 0.15) is 0 Å². The Morgan fingerprint density at radius 2 is 2.00 bits per heavy atom. The molecule has 1 aromatic carbocycles. The number of nitrogens with zero attached hydrogens (tertiary/aromatic N) is 1. The van der Waals surface area contributed by atoms with Gasteiger partial charge in [-0.2, -0.15) is 0 Å². The SMILES string of the molecule is CC1CCN(CCS(=O)(=O)c2ccc(Cl)cc2)CC1O. The van der Waals surface area contributed by atoms with E-state index < -0.39 is 9.84 Å². The average molecular weight is 318 g/mol. The van der Waals surface area contributed by atoms with E-state index in [0.717, 1.165) is 13.0 Å². The average Bonchev–Trinajstić information content (AvgIpc) is 2.41. The highest BCUT2D eigenvalue weighted by atomic mass is 35.5. The first-order valence-electron chi connectivity index (χ1n) is 6.77. The van der Waals surface area contributed by atoms with Crippen LogP contribution in [0.1, 0.15) is 13.3 Å². The topological polar surface area (TPSA) is 57.6 Å². The van der Waals surface area contributed by atoms with Crippen LogP contribution in [-0.4, -0.2) is 49.9 Å². The largest absolute Gasteiger partial charge is 0.392 e. The zero-order valence-electron chi connectivity index (χ0n) is 11.5. The summed E-state index contributed by atoms with van der Waals surface area (Å²) in [7, 11) is -3.29. The van der Waals surface area contributed by atoms with Crippen LogP contribution in [0.3, 0.4) is 0 Å². The molecule has 1 aliphatic heterocycles. The lowest BCUT2D eigenvalue weighted by molar-refractivity contribution is 0.0319. The second kappa shape index (κ2) is 6.43. The zero-order valence-corrected chi connectivity index (χ0v) is 13.1. The van der Waals surface area contributed by atoms with E-state index in [1.807, 2.05) is 11.8 Å². The summed E-state index contributed by atoms with van der Waals surface area (Å²) in [4.78, 5) is 2.31. The van der Waals surface area contributed by atoms with E-state index in [9.17, 15) is 13.5 Å². The number of aliphatic hydroxyl groups excluding tert-OH is 1. The zero-order chi connectivity index (χ0) is 14.8. The van der Waals surface area contributed by atoms with Crippen molar-refractivity contribution < 1.29 is 13.5 Å². The van der Waals surface area contributed by atoms with Gasteiger partial charge in [0.2, 0.25) is 0 Å². The van der Waals surface area contributed by atoms with Gasteiger partial charge < -0.3 is 5.11 Å². The van der Waals surface area contributed by atoms with E-state index in [0.29, 0.717) is 28.9 Å². The molecule has 1 fully saturated rings. The molecular weight excluding hydrogens is 298 g/mol. The first-order chi connectivity index (χ1) is 9.38. The number of sulfone groups is 1. The van der Waals surface area contributed by atoms with Crippen molar-refractivity contribution in [3.8, 4) is 0 Å². The third-order valence-corrected chi connectivity index (χ3v) is 5.81. The van der Waals surface area contributed by atoms with Gasteiger partial charge in [-0.05, 0) is 43.1 Å². The van der Waals surface area contributed by atoms with Gasteiger partial charge in [0.25, 0.3) is 0 Å². The van der Waals surface area contributed by atoms with E-state index in [1.54, 1.807) is 12.1 Å². The van der Waals surface area contributed by atoms with Crippen LogP contribution in [0.25, 0.3) is 0 Å². The molecule has 1 aliphatic rings. The summed E-state index contributed by atoms with van der Waals surface area (Å²) in [5.41, 5.74) is 0. The Hall–Kier alpha value is -0.620. The van der Waals surface area contributed by atoms with Crippen molar-refractivity contribution in [2.45, 2.75) is 24.3 Å². The minimum atomic E-state index is -3.29. The van der Waals surface area contributed by atoms with Gasteiger partial charge in [0, 0.05) is 18.1 Å². The fourth-order valence-corrected chi connectivity index (χ4v) is 3.74. The Kier molecular flexibility index (Phi) is 5.07. The van der Waals surface area contributed by atoms with Gasteiger partial charge in [-0.1, -0.05) is 18.5 Å².